The molecule has 1 heterocycles. The van der Waals surface area contributed by atoms with E-state index in [4.69, 9.17) is 0 Å². The summed E-state index contributed by atoms with van der Waals surface area (Å²) in [6.07, 6.45) is 1.25. The molecule has 120 valence electrons. The summed E-state index contributed by atoms with van der Waals surface area (Å²) in [5.41, 5.74) is -0.315. The summed E-state index contributed by atoms with van der Waals surface area (Å²) < 4.78 is 26.2. The number of carbonyl (C=O) groups excluding carboxylic acids is 4. The Balaban J connectivity index is 2.08. The summed E-state index contributed by atoms with van der Waals surface area (Å²) in [5, 5.41) is 2.09. The standard InChI is InChI=1S/C14H11F2N3O4/c1-2-5-18-12(21)13(22)19(14(18)23)7-11(20)17-10-4-3-8(15)6-9(10)16/h2-4,6H,1,5,7H2,(H,17,20). The summed E-state index contributed by atoms with van der Waals surface area (Å²) in [4.78, 5) is 48.0. The Hall–Kier alpha value is -3.10. The third-order valence-electron chi connectivity index (χ3n) is 2.95. The van der Waals surface area contributed by atoms with Crippen molar-refractivity contribution >= 4 is 29.4 Å². The lowest BCUT2D eigenvalue weighted by atomic mass is 10.3. The molecule has 0 aliphatic carbocycles. The average Bonchev–Trinajstić information content (AvgIpc) is 2.68. The molecule has 0 aromatic heterocycles. The van der Waals surface area contributed by atoms with Crippen LogP contribution in [-0.4, -0.2) is 46.6 Å². The number of benzene rings is 1. The van der Waals surface area contributed by atoms with Gasteiger partial charge in [0.1, 0.15) is 18.2 Å². The van der Waals surface area contributed by atoms with Crippen LogP contribution in [0.1, 0.15) is 0 Å². The second kappa shape index (κ2) is 6.34. The minimum Gasteiger partial charge on any atom is -0.322 e. The molecule has 0 unspecified atom stereocenters. The van der Waals surface area contributed by atoms with Gasteiger partial charge in [-0.15, -0.1) is 6.58 Å². The first-order valence-corrected chi connectivity index (χ1v) is 6.38. The highest BCUT2D eigenvalue weighted by Gasteiger charge is 2.44. The molecule has 1 aliphatic rings. The number of anilines is 1. The van der Waals surface area contributed by atoms with Crippen molar-refractivity contribution in [3.8, 4) is 0 Å². The first-order valence-electron chi connectivity index (χ1n) is 6.38. The van der Waals surface area contributed by atoms with Crippen molar-refractivity contribution in [2.45, 2.75) is 0 Å². The van der Waals surface area contributed by atoms with Crippen LogP contribution in [0.15, 0.2) is 30.9 Å². The zero-order valence-electron chi connectivity index (χ0n) is 11.7. The molecule has 0 saturated carbocycles. The number of hydrogen-bond donors (Lipinski definition) is 1. The number of imide groups is 2. The van der Waals surface area contributed by atoms with Crippen LogP contribution in [0.3, 0.4) is 0 Å². The third-order valence-corrected chi connectivity index (χ3v) is 2.95. The molecule has 1 N–H and O–H groups in total. The van der Waals surface area contributed by atoms with E-state index in [-0.39, 0.29) is 12.2 Å². The highest BCUT2D eigenvalue weighted by atomic mass is 19.1. The van der Waals surface area contributed by atoms with Crippen LogP contribution in [0, 0.1) is 11.6 Å². The molecule has 0 atom stereocenters. The zero-order valence-corrected chi connectivity index (χ0v) is 11.7. The number of nitrogens with zero attached hydrogens (tertiary/aromatic N) is 2. The molecule has 5 amide bonds. The topological polar surface area (TPSA) is 86.8 Å². The molecule has 0 radical (unpaired) electrons. The predicted octanol–water partition coefficient (Wildman–Crippen LogP) is 0.880. The van der Waals surface area contributed by atoms with Crippen LogP contribution in [0.25, 0.3) is 0 Å². The van der Waals surface area contributed by atoms with Crippen molar-refractivity contribution < 1.29 is 28.0 Å². The Morgan fingerprint density at radius 1 is 1.17 bits per heavy atom. The van der Waals surface area contributed by atoms with E-state index in [9.17, 15) is 28.0 Å². The second-order valence-electron chi connectivity index (χ2n) is 4.55. The van der Waals surface area contributed by atoms with Gasteiger partial charge in [-0.1, -0.05) is 6.08 Å². The lowest BCUT2D eigenvalue weighted by molar-refractivity contribution is -0.143. The molecular formula is C14H11F2N3O4. The fourth-order valence-corrected chi connectivity index (χ4v) is 1.90. The molecule has 1 fully saturated rings. The molecule has 23 heavy (non-hydrogen) atoms. The predicted molar refractivity (Wildman–Crippen MR) is 74.0 cm³/mol. The first-order chi connectivity index (χ1) is 10.8. The molecule has 1 aliphatic heterocycles. The van der Waals surface area contributed by atoms with E-state index < -0.39 is 41.9 Å². The highest BCUT2D eigenvalue weighted by Crippen LogP contribution is 2.16. The maximum atomic E-state index is 13.4. The molecule has 1 aromatic rings. The number of hydrogen-bond acceptors (Lipinski definition) is 4. The Morgan fingerprint density at radius 3 is 2.43 bits per heavy atom. The van der Waals surface area contributed by atoms with Gasteiger partial charge < -0.3 is 5.32 Å². The molecule has 7 nitrogen and oxygen atoms in total. The lowest BCUT2D eigenvalue weighted by Gasteiger charge is -2.14. The maximum Gasteiger partial charge on any atom is 0.335 e. The monoisotopic (exact) mass is 323 g/mol. The summed E-state index contributed by atoms with van der Waals surface area (Å²) in [6.45, 7) is 2.41. The lowest BCUT2D eigenvalue weighted by Crippen LogP contribution is -2.39. The van der Waals surface area contributed by atoms with Gasteiger partial charge in [-0.3, -0.25) is 19.3 Å². The van der Waals surface area contributed by atoms with Gasteiger partial charge in [-0.25, -0.2) is 18.5 Å². The number of rotatable bonds is 5. The molecule has 1 saturated heterocycles. The van der Waals surface area contributed by atoms with Gasteiger partial charge in [0, 0.05) is 12.6 Å². The van der Waals surface area contributed by atoms with Gasteiger partial charge in [-0.2, -0.15) is 0 Å². The second-order valence-corrected chi connectivity index (χ2v) is 4.55. The summed E-state index contributed by atoms with van der Waals surface area (Å²) in [6, 6.07) is 1.53. The van der Waals surface area contributed by atoms with E-state index in [1.165, 1.54) is 6.08 Å². The summed E-state index contributed by atoms with van der Waals surface area (Å²) in [7, 11) is 0. The molecule has 1 aromatic carbocycles. The van der Waals surface area contributed by atoms with Crippen LogP contribution in [-0.2, 0) is 14.4 Å². The van der Waals surface area contributed by atoms with Gasteiger partial charge in [-0.05, 0) is 12.1 Å². The van der Waals surface area contributed by atoms with Gasteiger partial charge in [0.25, 0.3) is 0 Å². The highest BCUT2D eigenvalue weighted by molar-refractivity contribution is 6.45. The first kappa shape index (κ1) is 16.3. The van der Waals surface area contributed by atoms with Crippen molar-refractivity contribution in [3.05, 3.63) is 42.5 Å². The minimum absolute atomic E-state index is 0.173. The SMILES string of the molecule is C=CCN1C(=O)C(=O)N(CC(=O)Nc2ccc(F)cc2F)C1=O. The van der Waals surface area contributed by atoms with Crippen molar-refractivity contribution in [1.29, 1.82) is 0 Å². The summed E-state index contributed by atoms with van der Waals surface area (Å²) >= 11 is 0. The zero-order chi connectivity index (χ0) is 17.1. The van der Waals surface area contributed by atoms with Crippen LogP contribution < -0.4 is 5.32 Å². The summed E-state index contributed by atoms with van der Waals surface area (Å²) in [5.74, 6) is -4.98. The maximum absolute atomic E-state index is 13.4. The fourth-order valence-electron chi connectivity index (χ4n) is 1.90. The van der Waals surface area contributed by atoms with Crippen molar-refractivity contribution in [1.82, 2.24) is 9.80 Å². The Labute approximate surface area is 129 Å². The van der Waals surface area contributed by atoms with Gasteiger partial charge in [0.2, 0.25) is 5.91 Å². The normalized spacial score (nSPS) is 14.4. The molecule has 9 heteroatoms. The quantitative estimate of drug-likeness (QED) is 0.495. The fraction of sp³-hybridized carbons (Fsp3) is 0.143. The Kier molecular flexibility index (Phi) is 4.49. The van der Waals surface area contributed by atoms with E-state index in [2.05, 4.69) is 11.9 Å². The van der Waals surface area contributed by atoms with Crippen LogP contribution in [0.2, 0.25) is 0 Å². The number of carbonyl (C=O) groups is 4. The Morgan fingerprint density at radius 2 is 1.83 bits per heavy atom. The molecular weight excluding hydrogens is 312 g/mol. The van der Waals surface area contributed by atoms with Crippen LogP contribution in [0.4, 0.5) is 19.3 Å². The third kappa shape index (κ3) is 3.23. The number of urea groups is 1. The van der Waals surface area contributed by atoms with Gasteiger partial charge >= 0.3 is 17.8 Å². The minimum atomic E-state index is -1.16. The van der Waals surface area contributed by atoms with Crippen molar-refractivity contribution in [2.75, 3.05) is 18.4 Å². The van der Waals surface area contributed by atoms with E-state index in [0.717, 1.165) is 12.1 Å². The van der Waals surface area contributed by atoms with E-state index in [0.29, 0.717) is 15.9 Å². The molecule has 2 rings (SSSR count). The van der Waals surface area contributed by atoms with Crippen LogP contribution in [0.5, 0.6) is 0 Å². The largest absolute Gasteiger partial charge is 0.335 e. The molecule has 0 bridgehead atoms. The number of nitrogens with one attached hydrogen (secondary N) is 1. The van der Waals surface area contributed by atoms with E-state index >= 15 is 0 Å². The van der Waals surface area contributed by atoms with Gasteiger partial charge in [0.15, 0.2) is 0 Å². The smallest absolute Gasteiger partial charge is 0.322 e. The van der Waals surface area contributed by atoms with E-state index in [1.54, 1.807) is 0 Å². The van der Waals surface area contributed by atoms with Crippen molar-refractivity contribution in [2.24, 2.45) is 0 Å². The van der Waals surface area contributed by atoms with Crippen LogP contribution >= 0.6 is 0 Å². The van der Waals surface area contributed by atoms with Crippen molar-refractivity contribution in [3.63, 3.8) is 0 Å². The average molecular weight is 323 g/mol. The molecule has 0 spiro atoms. The Bertz CT molecular complexity index is 720. The van der Waals surface area contributed by atoms with Gasteiger partial charge in [0.05, 0.1) is 5.69 Å². The van der Waals surface area contributed by atoms with E-state index in [1.807, 2.05) is 0 Å². The number of amides is 5. The number of halogens is 2.